The number of sulfonamides is 1. The molecule has 7 nitrogen and oxygen atoms in total. The summed E-state index contributed by atoms with van der Waals surface area (Å²) in [6.45, 7) is 0.584. The van der Waals surface area contributed by atoms with Gasteiger partial charge in [-0.15, -0.1) is 0 Å². The van der Waals surface area contributed by atoms with Crippen molar-refractivity contribution >= 4 is 33.7 Å². The summed E-state index contributed by atoms with van der Waals surface area (Å²) in [5, 5.41) is 0.630. The highest BCUT2D eigenvalue weighted by Crippen LogP contribution is 2.25. The number of rotatable bonds is 10. The molecule has 2 aromatic carbocycles. The van der Waals surface area contributed by atoms with Crippen LogP contribution in [0.15, 0.2) is 53.4 Å². The standard InChI is InChI=1S/C20H22ClNO6S/c1-22-29(24,25)19-14-15(4-10-18(19)26-2)5-11-20(23)28-13-3-12-27-17-8-6-16(21)7-9-17/h4-11,14,22H,3,12-13H2,1-2H3/b11-5+. The number of carbonyl (C=O) groups is 1. The lowest BCUT2D eigenvalue weighted by Gasteiger charge is -2.09. The molecular formula is C20H22ClNO6S. The van der Waals surface area contributed by atoms with Gasteiger partial charge in [-0.3, -0.25) is 0 Å². The van der Waals surface area contributed by atoms with E-state index in [1.165, 1.54) is 38.4 Å². The fourth-order valence-electron chi connectivity index (χ4n) is 2.28. The van der Waals surface area contributed by atoms with E-state index < -0.39 is 16.0 Å². The summed E-state index contributed by atoms with van der Waals surface area (Å²) in [4.78, 5) is 11.8. The molecule has 0 atom stereocenters. The van der Waals surface area contributed by atoms with Crippen LogP contribution in [0.3, 0.4) is 0 Å². The first kappa shape index (κ1) is 22.7. The molecule has 2 rings (SSSR count). The van der Waals surface area contributed by atoms with Crippen LogP contribution in [0, 0.1) is 0 Å². The summed E-state index contributed by atoms with van der Waals surface area (Å²) in [5.74, 6) is 0.359. The van der Waals surface area contributed by atoms with E-state index in [-0.39, 0.29) is 17.3 Å². The van der Waals surface area contributed by atoms with Crippen molar-refractivity contribution in [2.24, 2.45) is 0 Å². The normalized spacial score (nSPS) is 11.4. The van der Waals surface area contributed by atoms with Crippen LogP contribution in [0.2, 0.25) is 5.02 Å². The van der Waals surface area contributed by atoms with Crippen molar-refractivity contribution in [1.82, 2.24) is 4.72 Å². The van der Waals surface area contributed by atoms with Crippen molar-refractivity contribution < 1.29 is 27.4 Å². The van der Waals surface area contributed by atoms with Crippen LogP contribution < -0.4 is 14.2 Å². The average molecular weight is 440 g/mol. The summed E-state index contributed by atoms with van der Waals surface area (Å²) in [7, 11) is -1.00. The topological polar surface area (TPSA) is 90.9 Å². The minimum Gasteiger partial charge on any atom is -0.495 e. The van der Waals surface area contributed by atoms with Gasteiger partial charge in [0.1, 0.15) is 16.4 Å². The average Bonchev–Trinajstić information content (AvgIpc) is 2.73. The first-order chi connectivity index (χ1) is 13.9. The Morgan fingerprint density at radius 1 is 1.14 bits per heavy atom. The zero-order valence-electron chi connectivity index (χ0n) is 16.1. The van der Waals surface area contributed by atoms with E-state index in [9.17, 15) is 13.2 Å². The molecule has 0 spiro atoms. The Bertz CT molecular complexity index is 957. The summed E-state index contributed by atoms with van der Waals surface area (Å²) in [6, 6.07) is 11.5. The van der Waals surface area contributed by atoms with Gasteiger partial charge in [0, 0.05) is 17.5 Å². The smallest absolute Gasteiger partial charge is 0.330 e. The van der Waals surface area contributed by atoms with E-state index in [0.29, 0.717) is 29.4 Å². The van der Waals surface area contributed by atoms with Crippen LogP contribution in [0.1, 0.15) is 12.0 Å². The van der Waals surface area contributed by atoms with Gasteiger partial charge in [-0.1, -0.05) is 17.7 Å². The lowest BCUT2D eigenvalue weighted by Crippen LogP contribution is -2.19. The molecule has 2 aromatic rings. The third kappa shape index (κ3) is 7.08. The predicted molar refractivity (Wildman–Crippen MR) is 111 cm³/mol. The number of halogens is 1. The fourth-order valence-corrected chi connectivity index (χ4v) is 3.34. The Hall–Kier alpha value is -2.55. The summed E-state index contributed by atoms with van der Waals surface area (Å²) < 4.78 is 42.1. The van der Waals surface area contributed by atoms with E-state index in [4.69, 9.17) is 25.8 Å². The molecule has 0 aliphatic carbocycles. The van der Waals surface area contributed by atoms with Gasteiger partial charge in [0.15, 0.2) is 0 Å². The number of hydrogen-bond donors (Lipinski definition) is 1. The third-order valence-electron chi connectivity index (χ3n) is 3.77. The second kappa shape index (κ2) is 10.8. The minimum atomic E-state index is -3.69. The summed E-state index contributed by atoms with van der Waals surface area (Å²) >= 11 is 5.80. The lowest BCUT2D eigenvalue weighted by molar-refractivity contribution is -0.137. The molecule has 0 saturated heterocycles. The first-order valence-corrected chi connectivity index (χ1v) is 10.6. The number of benzene rings is 2. The molecule has 29 heavy (non-hydrogen) atoms. The molecule has 0 fully saturated rings. The van der Waals surface area contributed by atoms with Gasteiger partial charge in [-0.25, -0.2) is 17.9 Å². The lowest BCUT2D eigenvalue weighted by atomic mass is 10.2. The number of methoxy groups -OCH3 is 1. The van der Waals surface area contributed by atoms with Gasteiger partial charge < -0.3 is 14.2 Å². The maximum Gasteiger partial charge on any atom is 0.330 e. The largest absolute Gasteiger partial charge is 0.495 e. The Morgan fingerprint density at radius 3 is 2.52 bits per heavy atom. The second-order valence-corrected chi connectivity index (χ2v) is 8.07. The van der Waals surface area contributed by atoms with Crippen LogP contribution >= 0.6 is 11.6 Å². The summed E-state index contributed by atoms with van der Waals surface area (Å²) in [6.07, 6.45) is 3.23. The highest BCUT2D eigenvalue weighted by Gasteiger charge is 2.17. The SMILES string of the molecule is CNS(=O)(=O)c1cc(/C=C/C(=O)OCCCOc2ccc(Cl)cc2)ccc1OC. The summed E-state index contributed by atoms with van der Waals surface area (Å²) in [5.41, 5.74) is 0.516. The Labute approximate surface area is 175 Å². The molecule has 1 N–H and O–H groups in total. The van der Waals surface area contributed by atoms with Gasteiger partial charge in [0.25, 0.3) is 0 Å². The van der Waals surface area contributed by atoms with Crippen LogP contribution in [-0.4, -0.2) is 41.8 Å². The van der Waals surface area contributed by atoms with E-state index >= 15 is 0 Å². The zero-order valence-corrected chi connectivity index (χ0v) is 17.6. The fraction of sp³-hybridized carbons (Fsp3) is 0.250. The molecule has 0 aliphatic heterocycles. The number of hydrogen-bond acceptors (Lipinski definition) is 6. The maximum absolute atomic E-state index is 12.1. The molecule has 0 radical (unpaired) electrons. The molecule has 0 unspecified atom stereocenters. The number of esters is 1. The molecule has 0 saturated carbocycles. The maximum atomic E-state index is 12.1. The first-order valence-electron chi connectivity index (χ1n) is 8.70. The highest BCUT2D eigenvalue weighted by atomic mass is 35.5. The van der Waals surface area contributed by atoms with E-state index in [0.717, 1.165) is 0 Å². The van der Waals surface area contributed by atoms with Gasteiger partial charge in [0.2, 0.25) is 10.0 Å². The van der Waals surface area contributed by atoms with Gasteiger partial charge >= 0.3 is 5.97 Å². The predicted octanol–water partition coefficient (Wildman–Crippen LogP) is 3.28. The molecule has 0 aliphatic rings. The Kier molecular flexibility index (Phi) is 8.50. The monoisotopic (exact) mass is 439 g/mol. The van der Waals surface area contributed by atoms with Crippen LogP contribution in [0.25, 0.3) is 6.08 Å². The Morgan fingerprint density at radius 2 is 1.86 bits per heavy atom. The molecule has 9 heteroatoms. The van der Waals surface area contributed by atoms with E-state index in [2.05, 4.69) is 4.72 Å². The number of ether oxygens (including phenoxy) is 3. The van der Waals surface area contributed by atoms with Gasteiger partial charge in [-0.2, -0.15) is 0 Å². The minimum absolute atomic E-state index is 0.0163. The third-order valence-corrected chi connectivity index (χ3v) is 5.46. The van der Waals surface area contributed by atoms with Gasteiger partial charge in [-0.05, 0) is 55.1 Å². The Balaban J connectivity index is 1.84. The van der Waals surface area contributed by atoms with E-state index in [1.54, 1.807) is 30.3 Å². The van der Waals surface area contributed by atoms with Crippen molar-refractivity contribution in [3.8, 4) is 11.5 Å². The van der Waals surface area contributed by atoms with Crippen LogP contribution in [-0.2, 0) is 19.6 Å². The molecule has 0 amide bonds. The second-order valence-electron chi connectivity index (χ2n) is 5.77. The quantitative estimate of drug-likeness (QED) is 0.347. The van der Waals surface area contributed by atoms with Crippen LogP contribution in [0.4, 0.5) is 0 Å². The zero-order chi connectivity index (χ0) is 21.3. The van der Waals surface area contributed by atoms with Crippen molar-refractivity contribution in [3.63, 3.8) is 0 Å². The van der Waals surface area contributed by atoms with Crippen molar-refractivity contribution in [2.45, 2.75) is 11.3 Å². The molecular weight excluding hydrogens is 418 g/mol. The van der Waals surface area contributed by atoms with Gasteiger partial charge in [0.05, 0.1) is 20.3 Å². The van der Waals surface area contributed by atoms with E-state index in [1.807, 2.05) is 0 Å². The van der Waals surface area contributed by atoms with Crippen molar-refractivity contribution in [3.05, 3.63) is 59.1 Å². The highest BCUT2D eigenvalue weighted by molar-refractivity contribution is 7.89. The van der Waals surface area contributed by atoms with Crippen LogP contribution in [0.5, 0.6) is 11.5 Å². The van der Waals surface area contributed by atoms with Crippen molar-refractivity contribution in [1.29, 1.82) is 0 Å². The molecule has 0 aromatic heterocycles. The number of carbonyl (C=O) groups excluding carboxylic acids is 1. The molecule has 156 valence electrons. The number of nitrogens with one attached hydrogen (secondary N) is 1. The molecule has 0 heterocycles. The van der Waals surface area contributed by atoms with Crippen molar-refractivity contribution in [2.75, 3.05) is 27.4 Å². The molecule has 0 bridgehead atoms.